The molecule has 1 N–H and O–H groups in total. The molecule has 0 spiro atoms. The van der Waals surface area contributed by atoms with Crippen LogP contribution < -0.4 is 5.32 Å². The number of ether oxygens (including phenoxy) is 1. The van der Waals surface area contributed by atoms with Crippen molar-refractivity contribution in [2.24, 2.45) is 0 Å². The van der Waals surface area contributed by atoms with Crippen molar-refractivity contribution >= 4 is 0 Å². The fourth-order valence-corrected chi connectivity index (χ4v) is 1.98. The van der Waals surface area contributed by atoms with Crippen LogP contribution in [0.15, 0.2) is 12.1 Å². The molecule has 0 bridgehead atoms. The van der Waals surface area contributed by atoms with Crippen molar-refractivity contribution in [1.29, 1.82) is 0 Å². The van der Waals surface area contributed by atoms with Crippen molar-refractivity contribution in [3.63, 3.8) is 0 Å². The smallest absolute Gasteiger partial charge is 0.134 e. The van der Waals surface area contributed by atoms with E-state index in [-0.39, 0.29) is 6.23 Å². The number of nitrogens with one attached hydrogen (secondary N) is 1. The average Bonchev–Trinajstić information content (AvgIpc) is 2.10. The molecule has 0 saturated carbocycles. The Hall–Kier alpha value is -0.860. The van der Waals surface area contributed by atoms with Gasteiger partial charge in [0.25, 0.3) is 0 Å². The Bertz CT molecular complexity index is 293. The van der Waals surface area contributed by atoms with Gasteiger partial charge in [-0.1, -0.05) is 17.7 Å². The van der Waals surface area contributed by atoms with Crippen LogP contribution in [0.25, 0.3) is 0 Å². The van der Waals surface area contributed by atoms with E-state index in [9.17, 15) is 0 Å². The third-order valence-corrected chi connectivity index (χ3v) is 2.50. The summed E-state index contributed by atoms with van der Waals surface area (Å²) in [5, 5.41) is 3.15. The molecule has 0 fully saturated rings. The summed E-state index contributed by atoms with van der Waals surface area (Å²) < 4.78 is 5.38. The molecule has 0 heterocycles. The van der Waals surface area contributed by atoms with Crippen LogP contribution in [0.3, 0.4) is 0 Å². The maximum absolute atomic E-state index is 5.38. The van der Waals surface area contributed by atoms with Crippen molar-refractivity contribution in [2.75, 3.05) is 14.2 Å². The predicted octanol–water partition coefficient (Wildman–Crippen LogP) is 2.48. The zero-order valence-electron chi connectivity index (χ0n) is 9.64. The van der Waals surface area contributed by atoms with Crippen LogP contribution in [0, 0.1) is 20.8 Å². The van der Waals surface area contributed by atoms with Crippen molar-refractivity contribution in [1.82, 2.24) is 5.32 Å². The van der Waals surface area contributed by atoms with Gasteiger partial charge in [0.1, 0.15) is 6.23 Å². The topological polar surface area (TPSA) is 21.3 Å². The molecule has 0 aromatic heterocycles. The lowest BCUT2D eigenvalue weighted by atomic mass is 9.98. The first kappa shape index (κ1) is 11.2. The molecular formula is C12H19NO. The Kier molecular flexibility index (Phi) is 3.67. The predicted molar refractivity (Wildman–Crippen MR) is 59.5 cm³/mol. The molecule has 0 aliphatic heterocycles. The molecule has 0 amide bonds. The molecule has 1 rings (SSSR count). The second-order valence-electron chi connectivity index (χ2n) is 3.72. The van der Waals surface area contributed by atoms with Crippen LogP contribution in [0.4, 0.5) is 0 Å². The lowest BCUT2D eigenvalue weighted by Gasteiger charge is -2.20. The zero-order chi connectivity index (χ0) is 10.7. The first-order valence-electron chi connectivity index (χ1n) is 4.88. The summed E-state index contributed by atoms with van der Waals surface area (Å²) in [6.45, 7) is 6.36. The minimum atomic E-state index is -0.00407. The van der Waals surface area contributed by atoms with Gasteiger partial charge in [-0.2, -0.15) is 0 Å². The van der Waals surface area contributed by atoms with Gasteiger partial charge in [0, 0.05) is 12.7 Å². The van der Waals surface area contributed by atoms with E-state index in [4.69, 9.17) is 4.74 Å². The average molecular weight is 193 g/mol. The minimum absolute atomic E-state index is 0.00407. The number of hydrogen-bond donors (Lipinski definition) is 1. The third-order valence-electron chi connectivity index (χ3n) is 2.50. The molecule has 0 saturated heterocycles. The first-order chi connectivity index (χ1) is 6.60. The van der Waals surface area contributed by atoms with Crippen molar-refractivity contribution in [2.45, 2.75) is 27.0 Å². The monoisotopic (exact) mass is 193 g/mol. The van der Waals surface area contributed by atoms with Gasteiger partial charge in [0.05, 0.1) is 0 Å². The van der Waals surface area contributed by atoms with Crippen molar-refractivity contribution < 1.29 is 4.74 Å². The van der Waals surface area contributed by atoms with Gasteiger partial charge in [-0.15, -0.1) is 0 Å². The quantitative estimate of drug-likeness (QED) is 0.745. The summed E-state index contributed by atoms with van der Waals surface area (Å²) in [5.41, 5.74) is 5.11. The summed E-state index contributed by atoms with van der Waals surface area (Å²) in [5.74, 6) is 0. The maximum Gasteiger partial charge on any atom is 0.134 e. The van der Waals surface area contributed by atoms with Crippen LogP contribution in [-0.2, 0) is 4.74 Å². The van der Waals surface area contributed by atoms with Gasteiger partial charge in [0.15, 0.2) is 0 Å². The normalized spacial score (nSPS) is 12.9. The number of rotatable bonds is 3. The summed E-state index contributed by atoms with van der Waals surface area (Å²) in [7, 11) is 3.63. The molecule has 1 aromatic rings. The van der Waals surface area contributed by atoms with Gasteiger partial charge in [0.2, 0.25) is 0 Å². The largest absolute Gasteiger partial charge is 0.362 e. The van der Waals surface area contributed by atoms with E-state index in [2.05, 4.69) is 38.2 Å². The lowest BCUT2D eigenvalue weighted by molar-refractivity contribution is 0.0798. The van der Waals surface area contributed by atoms with E-state index < -0.39 is 0 Å². The molecule has 1 atom stereocenters. The summed E-state index contributed by atoms with van der Waals surface area (Å²) in [6.07, 6.45) is -0.00407. The second kappa shape index (κ2) is 4.58. The standard InChI is InChI=1S/C12H19NO/c1-8-6-9(2)11(10(3)7-8)12(13-4)14-5/h6-7,12-13H,1-5H3. The Labute approximate surface area is 86.3 Å². The number of aryl methyl sites for hydroxylation is 3. The Morgan fingerprint density at radius 1 is 1.14 bits per heavy atom. The van der Waals surface area contributed by atoms with E-state index in [1.807, 2.05) is 7.05 Å². The highest BCUT2D eigenvalue weighted by Crippen LogP contribution is 2.23. The Morgan fingerprint density at radius 2 is 1.64 bits per heavy atom. The maximum atomic E-state index is 5.38. The van der Waals surface area contributed by atoms with Crippen molar-refractivity contribution in [3.8, 4) is 0 Å². The Morgan fingerprint density at radius 3 is 2.00 bits per heavy atom. The summed E-state index contributed by atoms with van der Waals surface area (Å²) in [4.78, 5) is 0. The first-order valence-corrected chi connectivity index (χ1v) is 4.88. The van der Waals surface area contributed by atoms with E-state index in [0.29, 0.717) is 0 Å². The molecule has 0 aliphatic rings. The molecule has 0 radical (unpaired) electrons. The third kappa shape index (κ3) is 2.14. The molecule has 0 aliphatic carbocycles. The summed E-state index contributed by atoms with van der Waals surface area (Å²) >= 11 is 0. The molecule has 2 nitrogen and oxygen atoms in total. The van der Waals surface area contributed by atoms with Crippen LogP contribution in [-0.4, -0.2) is 14.2 Å². The van der Waals surface area contributed by atoms with E-state index >= 15 is 0 Å². The zero-order valence-corrected chi connectivity index (χ0v) is 9.64. The molecule has 14 heavy (non-hydrogen) atoms. The molecular weight excluding hydrogens is 174 g/mol. The van der Waals surface area contributed by atoms with E-state index in [1.165, 1.54) is 22.3 Å². The number of hydrogen-bond acceptors (Lipinski definition) is 2. The minimum Gasteiger partial charge on any atom is -0.362 e. The molecule has 1 unspecified atom stereocenters. The fraction of sp³-hybridized carbons (Fsp3) is 0.500. The van der Waals surface area contributed by atoms with Gasteiger partial charge in [-0.3, -0.25) is 5.32 Å². The fourth-order valence-electron chi connectivity index (χ4n) is 1.98. The molecule has 2 heteroatoms. The van der Waals surface area contributed by atoms with Crippen molar-refractivity contribution in [3.05, 3.63) is 34.4 Å². The van der Waals surface area contributed by atoms with Crippen LogP contribution in [0.5, 0.6) is 0 Å². The van der Waals surface area contributed by atoms with Crippen LogP contribution in [0.1, 0.15) is 28.5 Å². The van der Waals surface area contributed by atoms with E-state index in [1.54, 1.807) is 7.11 Å². The molecule has 1 aromatic carbocycles. The van der Waals surface area contributed by atoms with E-state index in [0.717, 1.165) is 0 Å². The van der Waals surface area contributed by atoms with Gasteiger partial charge >= 0.3 is 0 Å². The number of benzene rings is 1. The van der Waals surface area contributed by atoms with Gasteiger partial charge in [-0.25, -0.2) is 0 Å². The highest BCUT2D eigenvalue weighted by Gasteiger charge is 2.13. The lowest BCUT2D eigenvalue weighted by Crippen LogP contribution is -2.20. The van der Waals surface area contributed by atoms with Crippen LogP contribution in [0.2, 0.25) is 0 Å². The summed E-state index contributed by atoms with van der Waals surface area (Å²) in [6, 6.07) is 4.37. The van der Waals surface area contributed by atoms with Gasteiger partial charge in [-0.05, 0) is 38.9 Å². The van der Waals surface area contributed by atoms with Crippen LogP contribution >= 0.6 is 0 Å². The Balaban J connectivity index is 3.19. The second-order valence-corrected chi connectivity index (χ2v) is 3.72. The van der Waals surface area contributed by atoms with Gasteiger partial charge < -0.3 is 4.74 Å². The highest BCUT2D eigenvalue weighted by molar-refractivity contribution is 5.38. The highest BCUT2D eigenvalue weighted by atomic mass is 16.5. The molecule has 78 valence electrons. The number of methoxy groups -OCH3 is 1. The SMILES string of the molecule is CNC(OC)c1c(C)cc(C)cc1C.